The van der Waals surface area contributed by atoms with Crippen LogP contribution in [0.1, 0.15) is 12.7 Å². The molecule has 1 N–H and O–H groups in total. The largest absolute Gasteiger partial charge is 0.388 e. The van der Waals surface area contributed by atoms with E-state index in [0.717, 1.165) is 34.9 Å². The average Bonchev–Trinajstić information content (AvgIpc) is 2.68. The maximum absolute atomic E-state index is 9.29. The van der Waals surface area contributed by atoms with Gasteiger partial charge in [0, 0.05) is 12.3 Å². The summed E-state index contributed by atoms with van der Waals surface area (Å²) in [7, 11) is 0. The van der Waals surface area contributed by atoms with Crippen LogP contribution in [-0.2, 0) is 13.2 Å². The molecule has 0 aliphatic carbocycles. The number of para-hydroxylation sites is 2. The molecule has 16 heavy (non-hydrogen) atoms. The predicted octanol–water partition coefficient (Wildman–Crippen LogP) is 2.28. The smallest absolute Gasteiger partial charge is 0.135 e. The molecule has 1 aromatic heterocycles. The molecule has 2 rings (SSSR count). The summed E-state index contributed by atoms with van der Waals surface area (Å²) in [5.74, 6) is 2.95. The van der Waals surface area contributed by atoms with Crippen molar-refractivity contribution in [2.24, 2.45) is 0 Å². The van der Waals surface area contributed by atoms with Crippen LogP contribution in [-0.4, -0.2) is 26.2 Å². The molecule has 0 fully saturated rings. The Balaban J connectivity index is 2.32. The van der Waals surface area contributed by atoms with E-state index in [2.05, 4.69) is 22.5 Å². The minimum atomic E-state index is 0.00543. The van der Waals surface area contributed by atoms with Crippen LogP contribution in [0.5, 0.6) is 0 Å². The Morgan fingerprint density at radius 1 is 1.38 bits per heavy atom. The van der Waals surface area contributed by atoms with Crippen molar-refractivity contribution in [2.45, 2.75) is 20.1 Å². The van der Waals surface area contributed by atoms with Gasteiger partial charge in [0.25, 0.3) is 0 Å². The number of aromatic nitrogens is 2. The summed E-state index contributed by atoms with van der Waals surface area (Å²) >= 11 is 1.90. The van der Waals surface area contributed by atoms with Crippen molar-refractivity contribution in [2.75, 3.05) is 11.5 Å². The Bertz CT molecular complexity index is 467. The van der Waals surface area contributed by atoms with Gasteiger partial charge in [-0.05, 0) is 17.9 Å². The minimum Gasteiger partial charge on any atom is -0.388 e. The van der Waals surface area contributed by atoms with Gasteiger partial charge >= 0.3 is 0 Å². The van der Waals surface area contributed by atoms with Crippen molar-refractivity contribution in [1.82, 2.24) is 9.55 Å². The van der Waals surface area contributed by atoms with Crippen LogP contribution in [0.15, 0.2) is 24.3 Å². The normalized spacial score (nSPS) is 11.1. The van der Waals surface area contributed by atoms with E-state index in [9.17, 15) is 5.11 Å². The highest BCUT2D eigenvalue weighted by molar-refractivity contribution is 7.99. The van der Waals surface area contributed by atoms with Crippen molar-refractivity contribution in [3.05, 3.63) is 30.1 Å². The van der Waals surface area contributed by atoms with Gasteiger partial charge in [0.1, 0.15) is 12.4 Å². The first kappa shape index (κ1) is 11.5. The Labute approximate surface area is 99.5 Å². The lowest BCUT2D eigenvalue weighted by molar-refractivity contribution is 0.266. The second-order valence-electron chi connectivity index (χ2n) is 3.52. The number of imidazole rings is 1. The first-order chi connectivity index (χ1) is 7.86. The molecule has 86 valence electrons. The molecule has 0 aliphatic rings. The molecule has 3 nitrogen and oxygen atoms in total. The number of rotatable bonds is 5. The quantitative estimate of drug-likeness (QED) is 0.809. The maximum Gasteiger partial charge on any atom is 0.135 e. The Hall–Kier alpha value is -1.00. The number of nitrogens with zero attached hydrogens (tertiary/aromatic N) is 2. The zero-order chi connectivity index (χ0) is 11.4. The molecule has 0 unspecified atom stereocenters. The Morgan fingerprint density at radius 3 is 2.94 bits per heavy atom. The molecule has 0 atom stereocenters. The molecule has 1 aromatic carbocycles. The van der Waals surface area contributed by atoms with Gasteiger partial charge in [-0.3, -0.25) is 0 Å². The summed E-state index contributed by atoms with van der Waals surface area (Å²) in [5, 5.41) is 9.29. The minimum absolute atomic E-state index is 0.00543. The van der Waals surface area contributed by atoms with Crippen LogP contribution < -0.4 is 0 Å². The molecular formula is C12H16N2OS. The third kappa shape index (κ3) is 2.23. The summed E-state index contributed by atoms with van der Waals surface area (Å²) in [6.07, 6.45) is 0. The van der Waals surface area contributed by atoms with Crippen LogP contribution in [0.25, 0.3) is 11.0 Å². The van der Waals surface area contributed by atoms with Gasteiger partial charge in [-0.15, -0.1) is 0 Å². The molecule has 0 saturated carbocycles. The Morgan fingerprint density at radius 2 is 2.19 bits per heavy atom. The van der Waals surface area contributed by atoms with Gasteiger partial charge in [0.05, 0.1) is 11.0 Å². The average molecular weight is 236 g/mol. The monoisotopic (exact) mass is 236 g/mol. The highest BCUT2D eigenvalue weighted by Crippen LogP contribution is 2.16. The molecule has 0 spiro atoms. The highest BCUT2D eigenvalue weighted by Gasteiger charge is 2.08. The lowest BCUT2D eigenvalue weighted by Gasteiger charge is -2.06. The van der Waals surface area contributed by atoms with Gasteiger partial charge in [-0.25, -0.2) is 4.98 Å². The van der Waals surface area contributed by atoms with Gasteiger partial charge in [0.15, 0.2) is 0 Å². The number of hydrogen-bond acceptors (Lipinski definition) is 3. The number of hydrogen-bond donors (Lipinski definition) is 1. The molecule has 0 saturated heterocycles. The zero-order valence-electron chi connectivity index (χ0n) is 9.39. The first-order valence-corrected chi connectivity index (χ1v) is 6.65. The van der Waals surface area contributed by atoms with E-state index in [-0.39, 0.29) is 6.61 Å². The van der Waals surface area contributed by atoms with Crippen LogP contribution in [0, 0.1) is 0 Å². The summed E-state index contributed by atoms with van der Waals surface area (Å²) in [6, 6.07) is 8.02. The zero-order valence-corrected chi connectivity index (χ0v) is 10.2. The van der Waals surface area contributed by atoms with Crippen LogP contribution in [0.2, 0.25) is 0 Å². The standard InChI is InChI=1S/C12H16N2OS/c1-2-16-8-7-14-11-6-4-3-5-10(11)13-12(14)9-15/h3-6,15H,2,7-9H2,1H3. The molecular weight excluding hydrogens is 220 g/mol. The third-order valence-electron chi connectivity index (χ3n) is 2.54. The Kier molecular flexibility index (Phi) is 3.85. The SMILES string of the molecule is CCSCCn1c(CO)nc2ccccc21. The maximum atomic E-state index is 9.29. The fraction of sp³-hybridized carbons (Fsp3) is 0.417. The fourth-order valence-corrected chi connectivity index (χ4v) is 2.40. The van der Waals surface area contributed by atoms with E-state index in [1.165, 1.54) is 0 Å². The number of benzene rings is 1. The number of aryl methyl sites for hydroxylation is 1. The van der Waals surface area contributed by atoms with E-state index in [1.807, 2.05) is 30.0 Å². The molecule has 4 heteroatoms. The first-order valence-electron chi connectivity index (χ1n) is 5.49. The van der Waals surface area contributed by atoms with Crippen molar-refractivity contribution >= 4 is 22.8 Å². The van der Waals surface area contributed by atoms with E-state index < -0.39 is 0 Å². The number of thioether (sulfide) groups is 1. The number of aliphatic hydroxyl groups is 1. The molecule has 1 heterocycles. The van der Waals surface area contributed by atoms with Crippen molar-refractivity contribution < 1.29 is 5.11 Å². The van der Waals surface area contributed by atoms with Gasteiger partial charge in [-0.2, -0.15) is 11.8 Å². The number of aliphatic hydroxyl groups excluding tert-OH is 1. The topological polar surface area (TPSA) is 38.0 Å². The molecule has 2 aromatic rings. The summed E-state index contributed by atoms with van der Waals surface area (Å²) in [4.78, 5) is 4.41. The highest BCUT2D eigenvalue weighted by atomic mass is 32.2. The van der Waals surface area contributed by atoms with Gasteiger partial charge in [0.2, 0.25) is 0 Å². The van der Waals surface area contributed by atoms with Crippen molar-refractivity contribution in [1.29, 1.82) is 0 Å². The van der Waals surface area contributed by atoms with Gasteiger partial charge in [-0.1, -0.05) is 19.1 Å². The molecule has 0 amide bonds. The number of fused-ring (bicyclic) bond motifs is 1. The second kappa shape index (κ2) is 5.37. The predicted molar refractivity (Wildman–Crippen MR) is 68.7 cm³/mol. The van der Waals surface area contributed by atoms with Crippen molar-refractivity contribution in [3.63, 3.8) is 0 Å². The van der Waals surface area contributed by atoms with Gasteiger partial charge < -0.3 is 9.67 Å². The fourth-order valence-electron chi connectivity index (χ4n) is 1.80. The van der Waals surface area contributed by atoms with Crippen LogP contribution in [0.4, 0.5) is 0 Å². The molecule has 0 aliphatic heterocycles. The summed E-state index contributed by atoms with van der Waals surface area (Å²) in [6.45, 7) is 3.07. The lowest BCUT2D eigenvalue weighted by Crippen LogP contribution is -2.05. The third-order valence-corrected chi connectivity index (χ3v) is 3.42. The van der Waals surface area contributed by atoms with Crippen molar-refractivity contribution in [3.8, 4) is 0 Å². The van der Waals surface area contributed by atoms with E-state index in [4.69, 9.17) is 0 Å². The van der Waals surface area contributed by atoms with E-state index >= 15 is 0 Å². The summed E-state index contributed by atoms with van der Waals surface area (Å²) < 4.78 is 2.11. The van der Waals surface area contributed by atoms with Crippen LogP contribution in [0.3, 0.4) is 0 Å². The van der Waals surface area contributed by atoms with E-state index in [0.29, 0.717) is 0 Å². The second-order valence-corrected chi connectivity index (χ2v) is 4.92. The molecule has 0 radical (unpaired) electrons. The lowest BCUT2D eigenvalue weighted by atomic mass is 10.3. The van der Waals surface area contributed by atoms with Crippen LogP contribution >= 0.6 is 11.8 Å². The molecule has 0 bridgehead atoms. The summed E-state index contributed by atoms with van der Waals surface area (Å²) in [5.41, 5.74) is 2.08. The van der Waals surface area contributed by atoms with E-state index in [1.54, 1.807) is 0 Å².